The average molecular weight is 111 g/mol. The van der Waals surface area contributed by atoms with Crippen LogP contribution in [0.3, 0.4) is 0 Å². The second-order valence-electron chi connectivity index (χ2n) is 0.747. The van der Waals surface area contributed by atoms with Gasteiger partial charge in [0.25, 0.3) is 0 Å². The molecule has 0 aromatic heterocycles. The Labute approximate surface area is 42.6 Å². The van der Waals surface area contributed by atoms with Crippen LogP contribution in [0.5, 0.6) is 0 Å². The maximum absolute atomic E-state index is 9.37. The summed E-state index contributed by atoms with van der Waals surface area (Å²) in [5.41, 5.74) is 0. The van der Waals surface area contributed by atoms with E-state index in [4.69, 9.17) is 5.11 Å². The van der Waals surface area contributed by atoms with E-state index in [-0.39, 0.29) is 18.8 Å². The van der Waals surface area contributed by atoms with Crippen LogP contribution in [-0.2, 0) is 4.79 Å². The summed E-state index contributed by atoms with van der Waals surface area (Å²) >= 11 is 0. The summed E-state index contributed by atoms with van der Waals surface area (Å²) in [4.78, 5) is 9.37. The second-order valence-corrected chi connectivity index (χ2v) is 0.747. The average Bonchev–Trinajstić information content (AvgIpc) is 1.38. The number of hydrogen-bond acceptors (Lipinski definition) is 1. The fraction of sp³-hybridized carbons (Fsp3) is 0.667. The molecule has 0 spiro atoms. The Hall–Kier alpha value is -0.240. The van der Waals surface area contributed by atoms with Gasteiger partial charge in [0.2, 0.25) is 0 Å². The maximum Gasteiger partial charge on any atom is 0.303 e. The van der Waals surface area contributed by atoms with Crippen LogP contribution < -0.4 is 0 Å². The van der Waals surface area contributed by atoms with Gasteiger partial charge in [0.1, 0.15) is 0 Å². The van der Waals surface area contributed by atoms with Gasteiger partial charge in [-0.05, 0) is 0 Å². The summed E-state index contributed by atoms with van der Waals surface area (Å²) in [5.74, 6) is -0.745. The van der Waals surface area contributed by atoms with Crippen molar-refractivity contribution in [3.63, 3.8) is 0 Å². The predicted molar refractivity (Wildman–Crippen MR) is 25.2 cm³/mol. The fourth-order valence-corrected chi connectivity index (χ4v) is 0. The molecule has 0 aromatic carbocycles. The smallest absolute Gasteiger partial charge is 0.303 e. The summed E-state index contributed by atoms with van der Waals surface area (Å²) in [7, 11) is 0. The van der Waals surface area contributed by atoms with Crippen LogP contribution >= 0.6 is 12.4 Å². The van der Waals surface area contributed by atoms with E-state index in [0.29, 0.717) is 0 Å². The normalized spacial score (nSPS) is 6.17. The van der Waals surface area contributed by atoms with Crippen molar-refractivity contribution in [1.29, 1.82) is 0 Å². The van der Waals surface area contributed by atoms with Gasteiger partial charge in [-0.3, -0.25) is 4.79 Å². The molecule has 0 atom stereocenters. The minimum atomic E-state index is -0.745. The highest BCUT2D eigenvalue weighted by atomic mass is 35.5. The quantitative estimate of drug-likeness (QED) is 0.545. The first-order valence-corrected chi connectivity index (χ1v) is 1.49. The third kappa shape index (κ3) is 9.25. The van der Waals surface area contributed by atoms with E-state index in [1.165, 1.54) is 0 Å². The molecule has 0 saturated heterocycles. The predicted octanol–water partition coefficient (Wildman–Crippen LogP) is 0.903. The zero-order valence-corrected chi connectivity index (χ0v) is 4.29. The van der Waals surface area contributed by atoms with Crippen LogP contribution in [0.4, 0.5) is 0 Å². The Morgan fingerprint density at radius 2 is 2.00 bits per heavy atom. The highest BCUT2D eigenvalue weighted by Crippen LogP contribution is 1.67. The van der Waals surface area contributed by atoms with Crippen molar-refractivity contribution in [2.24, 2.45) is 0 Å². The molecule has 1 N–H and O–H groups in total. The summed E-state index contributed by atoms with van der Waals surface area (Å²) in [6.45, 7) is 1.60. The molecule has 0 aliphatic heterocycles. The molecule has 0 aliphatic rings. The minimum Gasteiger partial charge on any atom is -0.481 e. The zero-order chi connectivity index (χ0) is 4.28. The SMILES string of the molecule is CCC(=O)O.Cl. The van der Waals surface area contributed by atoms with E-state index >= 15 is 0 Å². The lowest BCUT2D eigenvalue weighted by molar-refractivity contribution is -0.136. The van der Waals surface area contributed by atoms with Crippen LogP contribution in [0.1, 0.15) is 13.3 Å². The van der Waals surface area contributed by atoms with Crippen molar-refractivity contribution in [2.45, 2.75) is 13.3 Å². The zero-order valence-electron chi connectivity index (χ0n) is 3.47. The number of rotatable bonds is 1. The lowest BCUT2D eigenvalue weighted by atomic mass is 10.5. The fourth-order valence-electron chi connectivity index (χ4n) is 0. The number of carbonyl (C=O) groups is 1. The molecule has 0 fully saturated rings. The Bertz CT molecular complexity index is 44.1. The molecule has 0 aliphatic carbocycles. The van der Waals surface area contributed by atoms with Gasteiger partial charge < -0.3 is 5.11 Å². The molecule has 6 heavy (non-hydrogen) atoms. The van der Waals surface area contributed by atoms with Crippen LogP contribution in [-0.4, -0.2) is 11.1 Å². The molecule has 0 bridgehead atoms. The topological polar surface area (TPSA) is 37.3 Å². The molecule has 0 radical (unpaired) electrons. The van der Waals surface area contributed by atoms with Gasteiger partial charge in [0.05, 0.1) is 0 Å². The molecular formula is C3H7ClO2. The number of carboxylic acids is 1. The minimum absolute atomic E-state index is 0. The number of halogens is 1. The van der Waals surface area contributed by atoms with E-state index in [9.17, 15) is 4.79 Å². The first-order chi connectivity index (χ1) is 2.27. The highest BCUT2D eigenvalue weighted by molar-refractivity contribution is 5.85. The van der Waals surface area contributed by atoms with Gasteiger partial charge in [-0.15, -0.1) is 12.4 Å². The van der Waals surface area contributed by atoms with Crippen LogP contribution in [0.15, 0.2) is 0 Å². The van der Waals surface area contributed by atoms with Crippen molar-refractivity contribution in [3.05, 3.63) is 0 Å². The standard InChI is InChI=1S/C3H6O2.ClH/c1-2-3(4)5;/h2H2,1H3,(H,4,5);1H. The second kappa shape index (κ2) is 4.76. The number of aliphatic carboxylic acids is 1. The lowest BCUT2D eigenvalue weighted by Gasteiger charge is -1.71. The number of hydrogen-bond donors (Lipinski definition) is 1. The summed E-state index contributed by atoms with van der Waals surface area (Å²) < 4.78 is 0. The molecule has 0 heterocycles. The van der Waals surface area contributed by atoms with Crippen molar-refractivity contribution < 1.29 is 9.90 Å². The third-order valence-corrected chi connectivity index (χ3v) is 0.302. The first kappa shape index (κ1) is 9.23. The summed E-state index contributed by atoms with van der Waals surface area (Å²) in [6, 6.07) is 0. The van der Waals surface area contributed by atoms with Gasteiger partial charge >= 0.3 is 5.97 Å². The van der Waals surface area contributed by atoms with Gasteiger partial charge in [-0.1, -0.05) is 6.92 Å². The van der Waals surface area contributed by atoms with Gasteiger partial charge in [0.15, 0.2) is 0 Å². The molecule has 0 amide bonds. The van der Waals surface area contributed by atoms with E-state index in [1.807, 2.05) is 0 Å². The molecule has 38 valence electrons. The Balaban J connectivity index is 0. The van der Waals surface area contributed by atoms with Gasteiger partial charge in [-0.25, -0.2) is 0 Å². The van der Waals surface area contributed by atoms with Crippen LogP contribution in [0.25, 0.3) is 0 Å². The van der Waals surface area contributed by atoms with E-state index in [2.05, 4.69) is 0 Å². The summed E-state index contributed by atoms with van der Waals surface area (Å²) in [5, 5.41) is 7.72. The van der Waals surface area contributed by atoms with Crippen molar-refractivity contribution in [1.82, 2.24) is 0 Å². The Morgan fingerprint density at radius 3 is 2.00 bits per heavy atom. The molecule has 2 nitrogen and oxygen atoms in total. The molecule has 0 saturated carbocycles. The molecular weight excluding hydrogens is 103 g/mol. The molecule has 0 unspecified atom stereocenters. The van der Waals surface area contributed by atoms with E-state index < -0.39 is 5.97 Å². The van der Waals surface area contributed by atoms with Crippen LogP contribution in [0.2, 0.25) is 0 Å². The lowest BCUT2D eigenvalue weighted by Crippen LogP contribution is -1.86. The van der Waals surface area contributed by atoms with Gasteiger partial charge in [0, 0.05) is 6.42 Å². The maximum atomic E-state index is 9.37. The monoisotopic (exact) mass is 110 g/mol. The van der Waals surface area contributed by atoms with Crippen molar-refractivity contribution in [3.8, 4) is 0 Å². The van der Waals surface area contributed by atoms with Crippen LogP contribution in [0, 0.1) is 0 Å². The highest BCUT2D eigenvalue weighted by Gasteiger charge is 1.80. The molecule has 0 rings (SSSR count). The van der Waals surface area contributed by atoms with E-state index in [1.54, 1.807) is 6.92 Å². The van der Waals surface area contributed by atoms with Crippen molar-refractivity contribution in [2.75, 3.05) is 0 Å². The van der Waals surface area contributed by atoms with Gasteiger partial charge in [-0.2, -0.15) is 0 Å². The Kier molecular flexibility index (Phi) is 7.32. The molecule has 3 heteroatoms. The molecule has 0 aromatic rings. The number of carboxylic acid groups (broad SMARTS) is 1. The largest absolute Gasteiger partial charge is 0.481 e. The third-order valence-electron chi connectivity index (χ3n) is 0.302. The van der Waals surface area contributed by atoms with Crippen molar-refractivity contribution >= 4 is 18.4 Å². The first-order valence-electron chi connectivity index (χ1n) is 1.49. The Morgan fingerprint density at radius 1 is 1.83 bits per heavy atom. The summed E-state index contributed by atoms with van der Waals surface area (Å²) in [6.07, 6.45) is 0.222. The van der Waals surface area contributed by atoms with E-state index in [0.717, 1.165) is 0 Å².